The standard InChI is InChI=1S/C45H59N7O7/c1-30-39(48-36-26-33(27-38(56-8)52(30)36)41(53)50-23-16-19-34(28-50)47-43(55)59-45(5,6)7)35-25-32-20-21-37(57-29-31-17-12-11-13-18-31)49-40(32)51(35)24-15-10-9-14-22-46-42(54)58-44(2,3)4/h11-13,17-18,20-21,25-27,34H,9-10,14-16,19,22-24,28-29H2,1-8H3,(H,46,54)(H,47,55)/t34-/m1/s1. The van der Waals surface area contributed by atoms with Gasteiger partial charge in [-0.3, -0.25) is 9.20 Å². The van der Waals surface area contributed by atoms with Crippen molar-refractivity contribution < 1.29 is 33.3 Å². The molecule has 0 unspecified atom stereocenters. The van der Waals surface area contributed by atoms with Crippen LogP contribution < -0.4 is 20.1 Å². The van der Waals surface area contributed by atoms with Crippen molar-refractivity contribution in [2.75, 3.05) is 26.7 Å². The van der Waals surface area contributed by atoms with E-state index in [4.69, 9.17) is 28.9 Å². The SMILES string of the molecule is COc1cc(C(=O)N2CCC[C@@H](NC(=O)OC(C)(C)C)C2)cc2nc(-c3cc4ccc(OCc5ccccc5)nc4n3CCCCCCNC(=O)OC(C)(C)C)c(C)n12. The number of amides is 3. The van der Waals surface area contributed by atoms with Crippen molar-refractivity contribution in [3.8, 4) is 23.1 Å². The van der Waals surface area contributed by atoms with E-state index in [0.717, 1.165) is 72.2 Å². The molecule has 0 spiro atoms. The second-order valence-electron chi connectivity index (χ2n) is 17.1. The number of nitrogens with one attached hydrogen (secondary N) is 2. The van der Waals surface area contributed by atoms with E-state index in [1.807, 2.05) is 95.3 Å². The molecule has 5 heterocycles. The Balaban J connectivity index is 1.25. The molecule has 1 saturated heterocycles. The van der Waals surface area contributed by atoms with Gasteiger partial charge in [-0.05, 0) is 97.9 Å². The van der Waals surface area contributed by atoms with E-state index in [1.165, 1.54) is 0 Å². The number of imidazole rings is 1. The van der Waals surface area contributed by atoms with Crippen LogP contribution in [0.2, 0.25) is 0 Å². The normalized spacial score (nSPS) is 14.6. The van der Waals surface area contributed by atoms with Crippen LogP contribution in [-0.4, -0.2) is 85.9 Å². The molecule has 1 aliphatic rings. The predicted molar refractivity (Wildman–Crippen MR) is 227 cm³/mol. The Labute approximate surface area is 346 Å². The number of carbonyl (C=O) groups is 3. The summed E-state index contributed by atoms with van der Waals surface area (Å²) < 4.78 is 27.0. The van der Waals surface area contributed by atoms with Crippen molar-refractivity contribution >= 4 is 34.8 Å². The van der Waals surface area contributed by atoms with Crippen LogP contribution in [0.25, 0.3) is 28.1 Å². The van der Waals surface area contributed by atoms with Crippen molar-refractivity contribution in [1.82, 2.24) is 34.5 Å². The van der Waals surface area contributed by atoms with Gasteiger partial charge in [0.15, 0.2) is 5.88 Å². The van der Waals surface area contributed by atoms with Gasteiger partial charge in [-0.2, -0.15) is 4.98 Å². The maximum Gasteiger partial charge on any atom is 0.407 e. The van der Waals surface area contributed by atoms with E-state index in [-0.39, 0.29) is 11.9 Å². The quantitative estimate of drug-likeness (QED) is 0.105. The number of piperidine rings is 1. The molecule has 0 aliphatic carbocycles. The number of likely N-dealkylation sites (tertiary alicyclic amines) is 1. The molecule has 0 saturated carbocycles. The van der Waals surface area contributed by atoms with E-state index in [9.17, 15) is 14.4 Å². The first-order valence-corrected chi connectivity index (χ1v) is 20.6. The van der Waals surface area contributed by atoms with Crippen LogP contribution in [0.5, 0.6) is 11.8 Å². The van der Waals surface area contributed by atoms with Gasteiger partial charge in [0.2, 0.25) is 5.88 Å². The lowest BCUT2D eigenvalue weighted by atomic mass is 10.0. The Morgan fingerprint density at radius 2 is 1.59 bits per heavy atom. The van der Waals surface area contributed by atoms with Crippen molar-refractivity contribution in [2.45, 2.75) is 117 Å². The highest BCUT2D eigenvalue weighted by atomic mass is 16.6. The lowest BCUT2D eigenvalue weighted by Crippen LogP contribution is -2.50. The van der Waals surface area contributed by atoms with Gasteiger partial charge < -0.3 is 39.0 Å². The number of hydrogen-bond acceptors (Lipinski definition) is 9. The van der Waals surface area contributed by atoms with Crippen LogP contribution in [0.3, 0.4) is 0 Å². The third-order valence-corrected chi connectivity index (χ3v) is 9.97. The van der Waals surface area contributed by atoms with Crippen LogP contribution in [-0.2, 0) is 22.6 Å². The minimum atomic E-state index is -0.615. The van der Waals surface area contributed by atoms with E-state index in [1.54, 1.807) is 24.1 Å². The number of aryl methyl sites for hydroxylation is 2. The highest BCUT2D eigenvalue weighted by Gasteiger charge is 2.29. The van der Waals surface area contributed by atoms with E-state index < -0.39 is 23.4 Å². The Bertz CT molecular complexity index is 2250. The average Bonchev–Trinajstić information content (AvgIpc) is 3.71. The number of ether oxygens (including phenoxy) is 4. The van der Waals surface area contributed by atoms with Gasteiger partial charge in [-0.25, -0.2) is 14.6 Å². The van der Waals surface area contributed by atoms with Gasteiger partial charge in [0, 0.05) is 55.3 Å². The molecule has 1 aliphatic heterocycles. The maximum atomic E-state index is 14.0. The molecule has 5 aromatic rings. The molecule has 4 aromatic heterocycles. The first kappa shape index (κ1) is 42.8. The molecule has 6 rings (SSSR count). The monoisotopic (exact) mass is 809 g/mol. The number of benzene rings is 1. The van der Waals surface area contributed by atoms with E-state index >= 15 is 0 Å². The summed E-state index contributed by atoms with van der Waals surface area (Å²) in [4.78, 5) is 50.5. The number of unbranched alkanes of at least 4 members (excludes halogenated alkanes) is 3. The Hall–Kier alpha value is -5.79. The van der Waals surface area contributed by atoms with E-state index in [2.05, 4.69) is 21.3 Å². The number of hydrogen-bond donors (Lipinski definition) is 2. The third-order valence-electron chi connectivity index (χ3n) is 9.97. The molecule has 3 amide bonds. The number of nitrogens with zero attached hydrogens (tertiary/aromatic N) is 5. The second-order valence-corrected chi connectivity index (χ2v) is 17.1. The van der Waals surface area contributed by atoms with Gasteiger partial charge >= 0.3 is 12.2 Å². The zero-order valence-electron chi connectivity index (χ0n) is 35.7. The smallest absolute Gasteiger partial charge is 0.407 e. The number of fused-ring (bicyclic) bond motifs is 2. The molecule has 14 nitrogen and oxygen atoms in total. The summed E-state index contributed by atoms with van der Waals surface area (Å²) in [5.41, 5.74) is 4.21. The van der Waals surface area contributed by atoms with Crippen LogP contribution in [0, 0.1) is 6.92 Å². The average molecular weight is 810 g/mol. The zero-order chi connectivity index (χ0) is 42.3. The fourth-order valence-corrected chi connectivity index (χ4v) is 7.33. The molecule has 0 bridgehead atoms. The summed E-state index contributed by atoms with van der Waals surface area (Å²) in [5, 5.41) is 6.73. The topological polar surface area (TPSA) is 151 Å². The zero-order valence-corrected chi connectivity index (χ0v) is 35.7. The molecule has 1 atom stereocenters. The summed E-state index contributed by atoms with van der Waals surface area (Å²) in [7, 11) is 1.59. The summed E-state index contributed by atoms with van der Waals surface area (Å²) in [6.45, 7) is 15.6. The number of carbonyl (C=O) groups excluding carboxylic acids is 3. The summed E-state index contributed by atoms with van der Waals surface area (Å²) >= 11 is 0. The van der Waals surface area contributed by atoms with Crippen LogP contribution >= 0.6 is 0 Å². The van der Waals surface area contributed by atoms with Crippen LogP contribution in [0.1, 0.15) is 102 Å². The lowest BCUT2D eigenvalue weighted by Gasteiger charge is -2.33. The summed E-state index contributed by atoms with van der Waals surface area (Å²) in [6, 6.07) is 19.4. The highest BCUT2D eigenvalue weighted by Crippen LogP contribution is 2.34. The van der Waals surface area contributed by atoms with Gasteiger partial charge in [0.05, 0.1) is 18.5 Å². The predicted octanol–water partition coefficient (Wildman–Crippen LogP) is 8.46. The lowest BCUT2D eigenvalue weighted by molar-refractivity contribution is 0.0451. The minimum Gasteiger partial charge on any atom is -0.482 e. The number of methoxy groups -OCH3 is 1. The first-order chi connectivity index (χ1) is 28.1. The van der Waals surface area contributed by atoms with E-state index in [0.29, 0.717) is 55.8 Å². The highest BCUT2D eigenvalue weighted by molar-refractivity contribution is 5.96. The molecule has 1 fully saturated rings. The third kappa shape index (κ3) is 11.2. The van der Waals surface area contributed by atoms with Crippen LogP contribution in [0.4, 0.5) is 9.59 Å². The number of rotatable bonds is 14. The molecule has 1 aromatic carbocycles. The van der Waals surface area contributed by atoms with Crippen molar-refractivity contribution in [1.29, 1.82) is 0 Å². The molecule has 316 valence electrons. The first-order valence-electron chi connectivity index (χ1n) is 20.6. The molecular weight excluding hydrogens is 751 g/mol. The molecule has 59 heavy (non-hydrogen) atoms. The largest absolute Gasteiger partial charge is 0.482 e. The van der Waals surface area contributed by atoms with Gasteiger partial charge in [-0.15, -0.1) is 0 Å². The Morgan fingerprint density at radius 1 is 0.864 bits per heavy atom. The summed E-state index contributed by atoms with van der Waals surface area (Å²) in [5.74, 6) is 0.851. The number of pyridine rings is 2. The minimum absolute atomic E-state index is 0.161. The second kappa shape index (κ2) is 18.4. The van der Waals surface area contributed by atoms with Crippen LogP contribution in [0.15, 0.2) is 60.7 Å². The van der Waals surface area contributed by atoms with Gasteiger partial charge in [0.25, 0.3) is 5.91 Å². The van der Waals surface area contributed by atoms with Crippen molar-refractivity contribution in [3.05, 3.63) is 77.5 Å². The van der Waals surface area contributed by atoms with Crippen molar-refractivity contribution in [3.63, 3.8) is 0 Å². The molecule has 0 radical (unpaired) electrons. The molecule has 14 heteroatoms. The molecular formula is C45H59N7O7. The van der Waals surface area contributed by atoms with Gasteiger partial charge in [0.1, 0.15) is 34.8 Å². The number of aromatic nitrogens is 4. The summed E-state index contributed by atoms with van der Waals surface area (Å²) in [6.07, 6.45) is 4.18. The fraction of sp³-hybridized carbons (Fsp3) is 0.489. The molecule has 2 N–H and O–H groups in total. The number of alkyl carbamates (subject to hydrolysis) is 2. The Morgan fingerprint density at radius 3 is 2.32 bits per heavy atom. The van der Waals surface area contributed by atoms with Gasteiger partial charge in [-0.1, -0.05) is 43.2 Å². The Kier molecular flexibility index (Phi) is 13.4. The fourth-order valence-electron chi connectivity index (χ4n) is 7.33. The van der Waals surface area contributed by atoms with Crippen molar-refractivity contribution in [2.24, 2.45) is 0 Å². The maximum absolute atomic E-state index is 14.0.